The van der Waals surface area contributed by atoms with Crippen LogP contribution in [-0.2, 0) is 19.3 Å². The Morgan fingerprint density at radius 1 is 1.00 bits per heavy atom. The highest BCUT2D eigenvalue weighted by atomic mass is 16.4. The standard InChI is InChI=1S/C16H12O2/c17-16-12-7-9-2-5-11(9)14(12)15-10-4-1-8(10)3-6-13(15)18-16/h3,6H,1-2,4-5,7H2. The van der Waals surface area contributed by atoms with E-state index in [9.17, 15) is 4.79 Å². The Labute approximate surface area is 104 Å². The van der Waals surface area contributed by atoms with Crippen molar-refractivity contribution in [3.8, 4) is 0 Å². The molecule has 0 unspecified atom stereocenters. The van der Waals surface area contributed by atoms with Crippen molar-refractivity contribution in [3.05, 3.63) is 50.4 Å². The largest absolute Gasteiger partial charge is 0.422 e. The number of fused-ring (bicyclic) bond motifs is 6. The molecule has 0 aliphatic heterocycles. The molecule has 18 heavy (non-hydrogen) atoms. The highest BCUT2D eigenvalue weighted by Gasteiger charge is 2.34. The maximum atomic E-state index is 12.1. The van der Waals surface area contributed by atoms with Gasteiger partial charge in [0.2, 0.25) is 0 Å². The van der Waals surface area contributed by atoms with E-state index in [4.69, 9.17) is 4.42 Å². The molecule has 1 heterocycles. The fourth-order valence-corrected chi connectivity index (χ4v) is 3.68. The van der Waals surface area contributed by atoms with Crippen LogP contribution in [0.4, 0.5) is 0 Å². The molecule has 3 aliphatic carbocycles. The summed E-state index contributed by atoms with van der Waals surface area (Å²) >= 11 is 0. The molecule has 1 aromatic carbocycles. The van der Waals surface area contributed by atoms with E-state index in [1.807, 2.05) is 6.07 Å². The van der Waals surface area contributed by atoms with E-state index in [0.717, 1.165) is 30.4 Å². The van der Waals surface area contributed by atoms with Crippen LogP contribution in [0.25, 0.3) is 16.5 Å². The van der Waals surface area contributed by atoms with Gasteiger partial charge in [0.15, 0.2) is 0 Å². The third-order valence-corrected chi connectivity index (χ3v) is 4.81. The fraction of sp³-hybridized carbons (Fsp3) is 0.312. The normalized spacial score (nSPS) is 19.1. The molecule has 0 bridgehead atoms. The maximum absolute atomic E-state index is 12.1. The monoisotopic (exact) mass is 236 g/mol. The van der Waals surface area contributed by atoms with Gasteiger partial charge >= 0.3 is 5.63 Å². The molecule has 2 aromatic rings. The van der Waals surface area contributed by atoms with E-state index in [1.165, 1.54) is 46.1 Å². The van der Waals surface area contributed by atoms with Gasteiger partial charge in [0.1, 0.15) is 5.58 Å². The van der Waals surface area contributed by atoms with Crippen molar-refractivity contribution in [1.29, 1.82) is 0 Å². The summed E-state index contributed by atoms with van der Waals surface area (Å²) in [4.78, 5) is 12.1. The lowest BCUT2D eigenvalue weighted by Gasteiger charge is -2.24. The van der Waals surface area contributed by atoms with Gasteiger partial charge in [-0.1, -0.05) is 11.6 Å². The average Bonchev–Trinajstić information content (AvgIpc) is 2.53. The molecule has 2 nitrogen and oxygen atoms in total. The minimum atomic E-state index is -0.119. The molecule has 0 spiro atoms. The Hall–Kier alpha value is -1.83. The van der Waals surface area contributed by atoms with Crippen molar-refractivity contribution in [2.75, 3.05) is 0 Å². The summed E-state index contributed by atoms with van der Waals surface area (Å²) in [6.45, 7) is 0. The van der Waals surface area contributed by atoms with E-state index >= 15 is 0 Å². The molecule has 3 aliphatic rings. The van der Waals surface area contributed by atoms with Gasteiger partial charge in [-0.25, -0.2) is 4.79 Å². The van der Waals surface area contributed by atoms with Crippen molar-refractivity contribution in [1.82, 2.24) is 0 Å². The second-order valence-corrected chi connectivity index (χ2v) is 5.58. The van der Waals surface area contributed by atoms with Crippen molar-refractivity contribution in [3.63, 3.8) is 0 Å². The number of aryl methyl sites for hydroxylation is 2. The second kappa shape index (κ2) is 2.77. The molecule has 0 saturated carbocycles. The van der Waals surface area contributed by atoms with Crippen LogP contribution in [0.1, 0.15) is 35.1 Å². The lowest BCUT2D eigenvalue weighted by Crippen LogP contribution is -2.13. The minimum Gasteiger partial charge on any atom is -0.422 e. The molecule has 2 heteroatoms. The van der Waals surface area contributed by atoms with E-state index in [0.29, 0.717) is 0 Å². The summed E-state index contributed by atoms with van der Waals surface area (Å²) in [6.07, 6.45) is 5.46. The first-order valence-electron chi connectivity index (χ1n) is 6.64. The van der Waals surface area contributed by atoms with Crippen LogP contribution in [-0.4, -0.2) is 0 Å². The summed E-state index contributed by atoms with van der Waals surface area (Å²) in [7, 11) is 0. The predicted octanol–water partition coefficient (Wildman–Crippen LogP) is 3.00. The predicted molar refractivity (Wildman–Crippen MR) is 69.8 cm³/mol. The van der Waals surface area contributed by atoms with Gasteiger partial charge in [-0.2, -0.15) is 0 Å². The summed E-state index contributed by atoms with van der Waals surface area (Å²) in [5.74, 6) is 0. The third kappa shape index (κ3) is 0.869. The highest BCUT2D eigenvalue weighted by molar-refractivity contribution is 5.99. The van der Waals surface area contributed by atoms with Crippen LogP contribution in [0, 0.1) is 0 Å². The Morgan fingerprint density at radius 3 is 2.67 bits per heavy atom. The van der Waals surface area contributed by atoms with E-state index < -0.39 is 0 Å². The van der Waals surface area contributed by atoms with Gasteiger partial charge in [0.25, 0.3) is 0 Å². The fourth-order valence-electron chi connectivity index (χ4n) is 3.68. The van der Waals surface area contributed by atoms with Crippen molar-refractivity contribution >= 4 is 16.5 Å². The van der Waals surface area contributed by atoms with Gasteiger partial charge in [0.05, 0.1) is 0 Å². The molecule has 5 rings (SSSR count). The van der Waals surface area contributed by atoms with Crippen LogP contribution in [0.2, 0.25) is 0 Å². The molecule has 88 valence electrons. The molecular weight excluding hydrogens is 224 g/mol. The van der Waals surface area contributed by atoms with Gasteiger partial charge in [-0.3, -0.25) is 0 Å². The van der Waals surface area contributed by atoms with Gasteiger partial charge in [0, 0.05) is 17.4 Å². The van der Waals surface area contributed by atoms with Crippen molar-refractivity contribution < 1.29 is 4.42 Å². The summed E-state index contributed by atoms with van der Waals surface area (Å²) < 4.78 is 5.52. The Morgan fingerprint density at radius 2 is 1.94 bits per heavy atom. The van der Waals surface area contributed by atoms with Gasteiger partial charge in [-0.15, -0.1) is 0 Å². The second-order valence-electron chi connectivity index (χ2n) is 5.58. The molecular formula is C16H12O2. The SMILES string of the molecule is O=c1oc2ccc3c(c2c2c1CC1=C2CC1)CC3. The molecule has 0 N–H and O–H groups in total. The summed E-state index contributed by atoms with van der Waals surface area (Å²) in [6, 6.07) is 4.09. The molecule has 0 atom stereocenters. The van der Waals surface area contributed by atoms with Crippen LogP contribution < -0.4 is 5.63 Å². The highest BCUT2D eigenvalue weighted by Crippen LogP contribution is 2.48. The van der Waals surface area contributed by atoms with Crippen LogP contribution in [0.3, 0.4) is 0 Å². The first-order valence-corrected chi connectivity index (χ1v) is 6.64. The average molecular weight is 236 g/mol. The summed E-state index contributed by atoms with van der Waals surface area (Å²) in [5.41, 5.74) is 8.62. The van der Waals surface area contributed by atoms with Gasteiger partial charge in [-0.05, 0) is 54.0 Å². The lowest BCUT2D eigenvalue weighted by molar-refractivity contribution is 0.551. The number of hydrogen-bond acceptors (Lipinski definition) is 2. The van der Waals surface area contributed by atoms with Crippen LogP contribution in [0.5, 0.6) is 0 Å². The molecule has 0 amide bonds. The van der Waals surface area contributed by atoms with Crippen molar-refractivity contribution in [2.45, 2.75) is 32.1 Å². The lowest BCUT2D eigenvalue weighted by atomic mass is 9.81. The Bertz CT molecular complexity index is 821. The molecule has 0 radical (unpaired) electrons. The van der Waals surface area contributed by atoms with E-state index in [1.54, 1.807) is 0 Å². The maximum Gasteiger partial charge on any atom is 0.340 e. The zero-order chi connectivity index (χ0) is 11.9. The zero-order valence-electron chi connectivity index (χ0n) is 10.0. The molecule has 0 saturated heterocycles. The molecule has 1 aromatic heterocycles. The number of allylic oxidation sites excluding steroid dienone is 2. The van der Waals surface area contributed by atoms with Crippen molar-refractivity contribution in [2.24, 2.45) is 0 Å². The number of hydrogen-bond donors (Lipinski definition) is 0. The number of rotatable bonds is 0. The Kier molecular flexibility index (Phi) is 1.41. The Balaban J connectivity index is 2.03. The van der Waals surface area contributed by atoms with E-state index in [2.05, 4.69) is 6.07 Å². The number of benzene rings is 1. The minimum absolute atomic E-state index is 0.119. The smallest absolute Gasteiger partial charge is 0.340 e. The third-order valence-electron chi connectivity index (χ3n) is 4.81. The van der Waals surface area contributed by atoms with Crippen LogP contribution >= 0.6 is 0 Å². The summed E-state index contributed by atoms with van der Waals surface area (Å²) in [5, 5.41) is 1.25. The van der Waals surface area contributed by atoms with E-state index in [-0.39, 0.29) is 5.63 Å². The first-order chi connectivity index (χ1) is 8.83. The topological polar surface area (TPSA) is 30.2 Å². The first kappa shape index (κ1) is 9.15. The van der Waals surface area contributed by atoms with Crippen LogP contribution in [0.15, 0.2) is 26.9 Å². The van der Waals surface area contributed by atoms with Gasteiger partial charge < -0.3 is 4.42 Å². The quantitative estimate of drug-likeness (QED) is 0.658. The molecule has 0 fully saturated rings. The zero-order valence-corrected chi connectivity index (χ0v) is 10.0.